The summed E-state index contributed by atoms with van der Waals surface area (Å²) in [4.78, 5) is 1.94. The first-order valence-corrected chi connectivity index (χ1v) is 8.46. The molecule has 136 valence electrons. The van der Waals surface area contributed by atoms with E-state index in [0.29, 0.717) is 31.7 Å². The van der Waals surface area contributed by atoms with Crippen molar-refractivity contribution in [1.29, 1.82) is 0 Å². The van der Waals surface area contributed by atoms with Crippen LogP contribution < -0.4 is 16.0 Å². The van der Waals surface area contributed by atoms with Gasteiger partial charge in [-0.15, -0.1) is 0 Å². The largest absolute Gasteiger partial charge is 0.399 e. The van der Waals surface area contributed by atoms with Gasteiger partial charge in [-0.25, -0.2) is 0 Å². The maximum absolute atomic E-state index is 9.18. The van der Waals surface area contributed by atoms with Gasteiger partial charge in [-0.2, -0.15) is 0 Å². The normalized spacial score (nSPS) is 10.7. The highest BCUT2D eigenvalue weighted by Gasteiger charge is 2.06. The molecule has 2 aromatic carbocycles. The summed E-state index contributed by atoms with van der Waals surface area (Å²) in [7, 11) is 0. The quantitative estimate of drug-likeness (QED) is 0.415. The molecule has 0 amide bonds. The van der Waals surface area contributed by atoms with Gasteiger partial charge in [0.1, 0.15) is 0 Å². The number of hydrogen-bond donors (Lipinski definition) is 5. The fourth-order valence-corrected chi connectivity index (χ4v) is 2.75. The summed E-state index contributed by atoms with van der Waals surface area (Å²) in [5, 5.41) is 30.8. The lowest BCUT2D eigenvalue weighted by Crippen LogP contribution is -2.29. The van der Waals surface area contributed by atoms with E-state index in [-0.39, 0.29) is 19.8 Å². The first-order valence-electron chi connectivity index (χ1n) is 8.46. The molecule has 0 saturated carbocycles. The molecule has 0 unspecified atom stereocenters. The molecule has 0 atom stereocenters. The van der Waals surface area contributed by atoms with Gasteiger partial charge in [-0.1, -0.05) is 12.1 Å². The minimum absolute atomic E-state index is 0.0497. The maximum Gasteiger partial charge on any atom is 0.0606 e. The highest BCUT2D eigenvalue weighted by Crippen LogP contribution is 2.21. The lowest BCUT2D eigenvalue weighted by atomic mass is 10.1. The zero-order valence-corrected chi connectivity index (χ0v) is 14.4. The highest BCUT2D eigenvalue weighted by atomic mass is 16.3. The number of aliphatic hydroxyl groups is 3. The third kappa shape index (κ3) is 5.63. The molecule has 0 heterocycles. The molecule has 0 saturated heterocycles. The minimum atomic E-state index is 0.0497. The van der Waals surface area contributed by atoms with Crippen molar-refractivity contribution in [3.63, 3.8) is 0 Å². The van der Waals surface area contributed by atoms with Gasteiger partial charge in [0.15, 0.2) is 0 Å². The van der Waals surface area contributed by atoms with E-state index in [2.05, 4.69) is 5.32 Å². The van der Waals surface area contributed by atoms with Crippen LogP contribution in [0, 0.1) is 0 Å². The molecule has 0 aliphatic rings. The van der Waals surface area contributed by atoms with E-state index < -0.39 is 0 Å². The first kappa shape index (κ1) is 19.1. The Kier molecular flexibility index (Phi) is 7.53. The van der Waals surface area contributed by atoms with Crippen molar-refractivity contribution in [2.24, 2.45) is 0 Å². The number of nitrogens with one attached hydrogen (secondary N) is 1. The summed E-state index contributed by atoms with van der Waals surface area (Å²) in [6, 6.07) is 13.7. The molecular weight excluding hydrogens is 318 g/mol. The first-order chi connectivity index (χ1) is 12.2. The molecule has 0 bridgehead atoms. The molecule has 0 fully saturated rings. The number of nitrogen functional groups attached to an aromatic ring is 1. The van der Waals surface area contributed by atoms with E-state index in [9.17, 15) is 5.11 Å². The molecule has 0 aromatic heterocycles. The zero-order valence-electron chi connectivity index (χ0n) is 14.4. The van der Waals surface area contributed by atoms with Gasteiger partial charge < -0.3 is 31.3 Å². The molecule has 25 heavy (non-hydrogen) atoms. The van der Waals surface area contributed by atoms with Crippen LogP contribution >= 0.6 is 0 Å². The van der Waals surface area contributed by atoms with Crippen LogP contribution in [0.4, 0.5) is 17.1 Å². The average Bonchev–Trinajstić information content (AvgIpc) is 2.62. The summed E-state index contributed by atoms with van der Waals surface area (Å²) in [5.74, 6) is 0. The van der Waals surface area contributed by atoms with Crippen LogP contribution in [0.1, 0.15) is 11.1 Å². The summed E-state index contributed by atoms with van der Waals surface area (Å²) >= 11 is 0. The van der Waals surface area contributed by atoms with Gasteiger partial charge >= 0.3 is 0 Å². The second-order valence-corrected chi connectivity index (χ2v) is 5.84. The van der Waals surface area contributed by atoms with E-state index in [1.54, 1.807) is 0 Å². The molecule has 0 spiro atoms. The van der Waals surface area contributed by atoms with E-state index >= 15 is 0 Å². The summed E-state index contributed by atoms with van der Waals surface area (Å²) < 4.78 is 0. The fraction of sp³-hybridized carbons (Fsp3) is 0.368. The molecule has 0 radical (unpaired) electrons. The molecule has 2 aromatic rings. The van der Waals surface area contributed by atoms with Crippen LogP contribution in [0.3, 0.4) is 0 Å². The van der Waals surface area contributed by atoms with Crippen molar-refractivity contribution in [3.8, 4) is 0 Å². The topological polar surface area (TPSA) is 102 Å². The Morgan fingerprint density at radius 1 is 0.880 bits per heavy atom. The lowest BCUT2D eigenvalue weighted by molar-refractivity contribution is 0.281. The Balaban J connectivity index is 2.02. The zero-order chi connectivity index (χ0) is 18.1. The Morgan fingerprint density at radius 2 is 1.56 bits per heavy atom. The van der Waals surface area contributed by atoms with Crippen molar-refractivity contribution in [3.05, 3.63) is 53.6 Å². The highest BCUT2D eigenvalue weighted by molar-refractivity contribution is 5.58. The second kappa shape index (κ2) is 9.88. The van der Waals surface area contributed by atoms with E-state index in [1.165, 1.54) is 0 Å². The number of anilines is 3. The molecule has 0 aliphatic carbocycles. The van der Waals surface area contributed by atoms with Crippen LogP contribution in [0.5, 0.6) is 0 Å². The summed E-state index contributed by atoms with van der Waals surface area (Å²) in [5.41, 5.74) is 10.5. The fourth-order valence-electron chi connectivity index (χ4n) is 2.75. The van der Waals surface area contributed by atoms with Crippen molar-refractivity contribution in [2.75, 3.05) is 48.9 Å². The van der Waals surface area contributed by atoms with Crippen LogP contribution in [0.2, 0.25) is 0 Å². The smallest absolute Gasteiger partial charge is 0.0606 e. The number of rotatable bonds is 10. The Morgan fingerprint density at radius 3 is 2.16 bits per heavy atom. The van der Waals surface area contributed by atoms with Gasteiger partial charge in [-0.05, 0) is 47.9 Å². The van der Waals surface area contributed by atoms with Crippen LogP contribution in [-0.4, -0.2) is 48.2 Å². The monoisotopic (exact) mass is 345 g/mol. The van der Waals surface area contributed by atoms with Crippen LogP contribution in [-0.2, 0) is 13.0 Å². The summed E-state index contributed by atoms with van der Waals surface area (Å²) in [6.45, 7) is 1.82. The molecule has 6 heteroatoms. The number of aliphatic hydroxyl groups excluding tert-OH is 3. The minimum Gasteiger partial charge on any atom is -0.399 e. The third-order valence-electron chi connectivity index (χ3n) is 4.03. The molecule has 6 nitrogen and oxygen atoms in total. The van der Waals surface area contributed by atoms with Crippen molar-refractivity contribution in [1.82, 2.24) is 0 Å². The number of hydrogen-bond acceptors (Lipinski definition) is 6. The van der Waals surface area contributed by atoms with Crippen molar-refractivity contribution in [2.45, 2.75) is 13.0 Å². The van der Waals surface area contributed by atoms with E-state index in [4.69, 9.17) is 15.9 Å². The predicted octanol–water partition coefficient (Wildman–Crippen LogP) is 1.21. The Hall–Kier alpha value is -2.28. The standard InChI is InChI=1S/C19H27N3O3/c20-17-3-6-19(16(13-17)7-10-23)21-14-15-1-4-18(5-2-15)22(8-11-24)9-12-25/h1-6,13,21,23-25H,7-12,14,20H2. The Labute approximate surface area is 148 Å². The third-order valence-corrected chi connectivity index (χ3v) is 4.03. The second-order valence-electron chi connectivity index (χ2n) is 5.84. The van der Waals surface area contributed by atoms with Gasteiger partial charge in [0.25, 0.3) is 0 Å². The molecular formula is C19H27N3O3. The number of nitrogens with zero attached hydrogens (tertiary/aromatic N) is 1. The molecule has 0 aliphatic heterocycles. The van der Waals surface area contributed by atoms with Gasteiger partial charge in [0, 0.05) is 43.3 Å². The maximum atomic E-state index is 9.18. The van der Waals surface area contributed by atoms with Crippen LogP contribution in [0.15, 0.2) is 42.5 Å². The predicted molar refractivity (Wildman–Crippen MR) is 102 cm³/mol. The lowest BCUT2D eigenvalue weighted by Gasteiger charge is -2.23. The van der Waals surface area contributed by atoms with Gasteiger partial charge in [0.05, 0.1) is 13.2 Å². The van der Waals surface area contributed by atoms with Gasteiger partial charge in [-0.3, -0.25) is 0 Å². The average molecular weight is 345 g/mol. The molecule has 2 rings (SSSR count). The van der Waals surface area contributed by atoms with E-state index in [0.717, 1.165) is 22.5 Å². The molecule has 6 N–H and O–H groups in total. The van der Waals surface area contributed by atoms with Gasteiger partial charge in [0.2, 0.25) is 0 Å². The number of benzene rings is 2. The summed E-state index contributed by atoms with van der Waals surface area (Å²) in [6.07, 6.45) is 0.559. The van der Waals surface area contributed by atoms with E-state index in [1.807, 2.05) is 47.4 Å². The van der Waals surface area contributed by atoms with Crippen molar-refractivity contribution < 1.29 is 15.3 Å². The van der Waals surface area contributed by atoms with Crippen molar-refractivity contribution >= 4 is 17.1 Å². The SMILES string of the molecule is Nc1ccc(NCc2ccc(N(CCO)CCO)cc2)c(CCO)c1. The number of nitrogens with two attached hydrogens (primary N) is 1. The van der Waals surface area contributed by atoms with Crippen LogP contribution in [0.25, 0.3) is 0 Å². The Bertz CT molecular complexity index is 641.